The van der Waals surface area contributed by atoms with Crippen molar-refractivity contribution in [1.82, 2.24) is 31.9 Å². The Morgan fingerprint density at radius 1 is 0.544 bits per heavy atom. The standard InChI is InChI=1S/C31H52N10O16/c1-13(2)8-17(26(52)41-19(11-42)28(54)37-16(30(56)57)5-6-21(44)45)38-27(53)18(10-23(48)49)39-29(55)20(12-43)40-25(51)15(4-3-7-35-31(33)34)36-24(50)14(32)9-22(46)47/h13-20,42-43H,3-12,32H2,1-2H3,(H,36,50)(H,37,54)(H,38,53)(H,39,55)(H,40,51)(H,41,52)(H,44,45)(H,46,47)(H,48,49)(H,56,57)(H4,33,34,35)/t14-,15-,16-,17-,18-,19-,20-/m0/s1. The van der Waals surface area contributed by atoms with Gasteiger partial charge in [0.25, 0.3) is 0 Å². The lowest BCUT2D eigenvalue weighted by atomic mass is 10.0. The maximum atomic E-state index is 13.4. The molecule has 322 valence electrons. The van der Waals surface area contributed by atoms with Gasteiger partial charge >= 0.3 is 23.9 Å². The average Bonchev–Trinajstić information content (AvgIpc) is 3.10. The van der Waals surface area contributed by atoms with Crippen LogP contribution in [-0.2, 0) is 47.9 Å². The molecule has 0 aromatic heterocycles. The van der Waals surface area contributed by atoms with E-state index >= 15 is 0 Å². The fourth-order valence-electron chi connectivity index (χ4n) is 4.69. The molecule has 0 rings (SSSR count). The number of nitrogens with one attached hydrogen (secondary N) is 6. The molecule has 0 saturated heterocycles. The highest BCUT2D eigenvalue weighted by Crippen LogP contribution is 2.08. The summed E-state index contributed by atoms with van der Waals surface area (Å²) in [4.78, 5) is 127. The van der Waals surface area contributed by atoms with E-state index in [0.717, 1.165) is 0 Å². The number of aliphatic carboxylic acids is 4. The van der Waals surface area contributed by atoms with Gasteiger partial charge in [0, 0.05) is 13.0 Å². The van der Waals surface area contributed by atoms with Crippen LogP contribution in [0.25, 0.3) is 0 Å². The lowest BCUT2D eigenvalue weighted by Crippen LogP contribution is -2.61. The first kappa shape index (κ1) is 50.8. The molecular formula is C31H52N10O16. The van der Waals surface area contributed by atoms with Crippen LogP contribution in [0.4, 0.5) is 0 Å². The highest BCUT2D eigenvalue weighted by Gasteiger charge is 2.34. The minimum atomic E-state index is -1.96. The molecule has 0 spiro atoms. The number of amides is 6. The molecule has 26 heteroatoms. The number of nitrogens with zero attached hydrogens (tertiary/aromatic N) is 1. The monoisotopic (exact) mass is 820 g/mol. The zero-order chi connectivity index (χ0) is 44.0. The maximum Gasteiger partial charge on any atom is 0.326 e. The van der Waals surface area contributed by atoms with Gasteiger partial charge < -0.3 is 79.7 Å². The summed E-state index contributed by atoms with van der Waals surface area (Å²) in [5.74, 6) is -13.7. The van der Waals surface area contributed by atoms with Crippen molar-refractivity contribution in [2.45, 2.75) is 101 Å². The molecule has 0 saturated carbocycles. The van der Waals surface area contributed by atoms with Crippen LogP contribution in [0.1, 0.15) is 58.8 Å². The molecule has 0 aromatic carbocycles. The van der Waals surface area contributed by atoms with E-state index in [9.17, 15) is 68.4 Å². The molecule has 0 aliphatic carbocycles. The molecule has 0 aromatic rings. The number of nitrogens with two attached hydrogens (primary N) is 3. The fraction of sp³-hybridized carbons (Fsp3) is 0.645. The summed E-state index contributed by atoms with van der Waals surface area (Å²) >= 11 is 0. The molecule has 0 unspecified atom stereocenters. The van der Waals surface area contributed by atoms with Gasteiger partial charge in [0.05, 0.1) is 32.1 Å². The van der Waals surface area contributed by atoms with Crippen molar-refractivity contribution in [1.29, 1.82) is 0 Å². The van der Waals surface area contributed by atoms with Gasteiger partial charge in [0.2, 0.25) is 35.4 Å². The molecular weight excluding hydrogens is 768 g/mol. The maximum absolute atomic E-state index is 13.4. The lowest BCUT2D eigenvalue weighted by molar-refractivity contribution is -0.144. The Hall–Kier alpha value is -6.15. The van der Waals surface area contributed by atoms with Crippen LogP contribution in [0.5, 0.6) is 0 Å². The number of rotatable bonds is 28. The van der Waals surface area contributed by atoms with Crippen molar-refractivity contribution < 1.29 is 78.6 Å². The van der Waals surface area contributed by atoms with Gasteiger partial charge in [-0.15, -0.1) is 0 Å². The summed E-state index contributed by atoms with van der Waals surface area (Å²) in [5.41, 5.74) is 16.1. The summed E-state index contributed by atoms with van der Waals surface area (Å²) in [6.07, 6.45) is -3.37. The number of carboxylic acid groups (broad SMARTS) is 4. The minimum Gasteiger partial charge on any atom is -0.481 e. The van der Waals surface area contributed by atoms with Crippen molar-refractivity contribution in [2.75, 3.05) is 19.8 Å². The molecule has 26 nitrogen and oxygen atoms in total. The SMILES string of the molecule is CC(C)C[C@H](NC(=O)[C@H](CC(=O)O)NC(=O)[C@H](CO)NC(=O)[C@H](CCCN=C(N)N)NC(=O)[C@@H](N)CC(=O)O)C(=O)N[C@@H](CO)C(=O)N[C@@H](CCC(=O)O)C(=O)O. The van der Waals surface area contributed by atoms with E-state index in [1.807, 2.05) is 5.32 Å². The summed E-state index contributed by atoms with van der Waals surface area (Å²) < 4.78 is 0. The Kier molecular flexibility index (Phi) is 23.1. The van der Waals surface area contributed by atoms with E-state index in [-0.39, 0.29) is 37.7 Å². The topological polar surface area (TPSA) is 455 Å². The average molecular weight is 821 g/mol. The van der Waals surface area contributed by atoms with Crippen molar-refractivity contribution in [3.8, 4) is 0 Å². The van der Waals surface area contributed by atoms with Crippen molar-refractivity contribution in [3.05, 3.63) is 0 Å². The van der Waals surface area contributed by atoms with Crippen LogP contribution >= 0.6 is 0 Å². The van der Waals surface area contributed by atoms with Crippen molar-refractivity contribution in [2.24, 2.45) is 28.1 Å². The van der Waals surface area contributed by atoms with E-state index in [1.165, 1.54) is 0 Å². The largest absolute Gasteiger partial charge is 0.481 e. The van der Waals surface area contributed by atoms with Crippen LogP contribution < -0.4 is 49.1 Å². The number of aliphatic hydroxyl groups excluding tert-OH is 2. The van der Waals surface area contributed by atoms with E-state index in [1.54, 1.807) is 13.8 Å². The Balaban J connectivity index is 6.10. The van der Waals surface area contributed by atoms with Crippen molar-refractivity contribution in [3.63, 3.8) is 0 Å². The minimum absolute atomic E-state index is 0.0253. The van der Waals surface area contributed by atoms with Crippen LogP contribution in [0.2, 0.25) is 0 Å². The van der Waals surface area contributed by atoms with Gasteiger partial charge in [-0.1, -0.05) is 13.8 Å². The Morgan fingerprint density at radius 3 is 1.40 bits per heavy atom. The quantitative estimate of drug-likeness (QED) is 0.0198. The molecule has 0 aliphatic heterocycles. The molecule has 6 amide bonds. The van der Waals surface area contributed by atoms with Gasteiger partial charge in [0.15, 0.2) is 5.96 Å². The highest BCUT2D eigenvalue weighted by atomic mass is 16.4. The molecule has 57 heavy (non-hydrogen) atoms. The Labute approximate surface area is 324 Å². The van der Waals surface area contributed by atoms with Crippen LogP contribution in [-0.4, -0.2) is 158 Å². The molecule has 18 N–H and O–H groups in total. The summed E-state index contributed by atoms with van der Waals surface area (Å²) in [6, 6.07) is -12.0. The number of hydrogen-bond donors (Lipinski definition) is 15. The van der Waals surface area contributed by atoms with Crippen LogP contribution in [0, 0.1) is 5.92 Å². The third kappa shape index (κ3) is 20.9. The van der Waals surface area contributed by atoms with Gasteiger partial charge in [-0.3, -0.25) is 48.1 Å². The van der Waals surface area contributed by atoms with Crippen LogP contribution in [0.3, 0.4) is 0 Å². The molecule has 0 fully saturated rings. The first-order chi connectivity index (χ1) is 26.5. The van der Waals surface area contributed by atoms with Crippen LogP contribution in [0.15, 0.2) is 4.99 Å². The predicted molar refractivity (Wildman–Crippen MR) is 192 cm³/mol. The molecule has 0 radical (unpaired) electrons. The predicted octanol–water partition coefficient (Wildman–Crippen LogP) is -6.79. The molecule has 0 aliphatic rings. The highest BCUT2D eigenvalue weighted by molar-refractivity contribution is 5.98. The lowest BCUT2D eigenvalue weighted by Gasteiger charge is -2.27. The van der Waals surface area contributed by atoms with E-state index in [4.69, 9.17) is 27.4 Å². The normalized spacial score (nSPS) is 14.5. The molecule has 0 heterocycles. The summed E-state index contributed by atoms with van der Waals surface area (Å²) in [5, 5.41) is 69.0. The summed E-state index contributed by atoms with van der Waals surface area (Å²) in [6.45, 7) is 0.998. The van der Waals surface area contributed by atoms with Crippen molar-refractivity contribution >= 4 is 65.3 Å². The van der Waals surface area contributed by atoms with Gasteiger partial charge in [-0.2, -0.15) is 0 Å². The second-order valence-corrected chi connectivity index (χ2v) is 12.9. The zero-order valence-corrected chi connectivity index (χ0v) is 31.1. The number of carbonyl (C=O) groups excluding carboxylic acids is 6. The third-order valence-corrected chi connectivity index (χ3v) is 7.55. The zero-order valence-electron chi connectivity index (χ0n) is 31.1. The number of carbonyl (C=O) groups is 10. The number of hydrogen-bond acceptors (Lipinski definition) is 14. The van der Waals surface area contributed by atoms with Gasteiger partial charge in [0.1, 0.15) is 36.3 Å². The first-order valence-electron chi connectivity index (χ1n) is 17.3. The van der Waals surface area contributed by atoms with E-state index < -0.39 is 141 Å². The number of aliphatic hydroxyl groups is 2. The second kappa shape index (κ2) is 25.8. The molecule has 0 bridgehead atoms. The number of guanidine groups is 1. The third-order valence-electron chi connectivity index (χ3n) is 7.55. The molecule has 7 atom stereocenters. The Morgan fingerprint density at radius 2 is 0.965 bits per heavy atom. The fourth-order valence-corrected chi connectivity index (χ4v) is 4.69. The smallest absolute Gasteiger partial charge is 0.326 e. The number of carboxylic acids is 4. The van der Waals surface area contributed by atoms with E-state index in [0.29, 0.717) is 0 Å². The Bertz CT molecular complexity index is 1490. The second-order valence-electron chi connectivity index (χ2n) is 12.9. The van der Waals surface area contributed by atoms with E-state index in [2.05, 4.69) is 31.6 Å². The number of aliphatic imine (C=N–C) groups is 1. The van der Waals surface area contributed by atoms with Gasteiger partial charge in [-0.05, 0) is 31.6 Å². The summed E-state index contributed by atoms with van der Waals surface area (Å²) in [7, 11) is 0. The van der Waals surface area contributed by atoms with Gasteiger partial charge in [-0.25, -0.2) is 4.79 Å². The first-order valence-corrected chi connectivity index (χ1v) is 17.3.